The highest BCUT2D eigenvalue weighted by Gasteiger charge is 2.28. The van der Waals surface area contributed by atoms with E-state index in [4.69, 9.17) is 18.9 Å². The van der Waals surface area contributed by atoms with Gasteiger partial charge < -0.3 is 18.9 Å². The molecule has 0 bridgehead atoms. The van der Waals surface area contributed by atoms with E-state index < -0.39 is 5.97 Å². The summed E-state index contributed by atoms with van der Waals surface area (Å²) in [5.41, 5.74) is 1.18. The molecule has 6 nitrogen and oxygen atoms in total. The summed E-state index contributed by atoms with van der Waals surface area (Å²) in [5.74, 6) is 0.917. The number of hydrogen-bond donors (Lipinski definition) is 0. The van der Waals surface area contributed by atoms with Gasteiger partial charge in [0.2, 0.25) is 5.78 Å². The highest BCUT2D eigenvalue weighted by atomic mass is 16.6. The zero-order valence-corrected chi connectivity index (χ0v) is 15.5. The topological polar surface area (TPSA) is 71.1 Å². The fraction of sp³-hybridized carbons (Fsp3) is 0.182. The van der Waals surface area contributed by atoms with Crippen LogP contribution in [0, 0.1) is 0 Å². The molecule has 0 N–H and O–H groups in total. The number of carbonyl (C=O) groups is 2. The molecule has 0 aliphatic carbocycles. The number of esters is 1. The third-order valence-corrected chi connectivity index (χ3v) is 3.87. The number of para-hydroxylation sites is 1. The lowest BCUT2D eigenvalue weighted by molar-refractivity contribution is -0.144. The summed E-state index contributed by atoms with van der Waals surface area (Å²) >= 11 is 0. The molecule has 0 aromatic heterocycles. The van der Waals surface area contributed by atoms with E-state index in [-0.39, 0.29) is 24.8 Å². The van der Waals surface area contributed by atoms with Gasteiger partial charge in [-0.1, -0.05) is 30.9 Å². The Hall–Kier alpha value is -3.54. The van der Waals surface area contributed by atoms with Crippen molar-refractivity contribution in [3.05, 3.63) is 72.0 Å². The minimum atomic E-state index is -0.509. The lowest BCUT2D eigenvalue weighted by atomic mass is 10.1. The normalized spacial score (nSPS) is 13.6. The summed E-state index contributed by atoms with van der Waals surface area (Å²) < 4.78 is 21.5. The van der Waals surface area contributed by atoms with Gasteiger partial charge in [0.15, 0.2) is 12.4 Å². The molecule has 2 aromatic carbocycles. The maximum atomic E-state index is 12.6. The number of carbonyl (C=O) groups excluding carboxylic acids is 2. The number of ether oxygens (including phenoxy) is 4. The summed E-state index contributed by atoms with van der Waals surface area (Å²) in [6.07, 6.45) is 3.13. The first kappa shape index (κ1) is 19.2. The summed E-state index contributed by atoms with van der Waals surface area (Å²) in [7, 11) is 0. The Morgan fingerprint density at radius 3 is 2.79 bits per heavy atom. The van der Waals surface area contributed by atoms with E-state index in [9.17, 15) is 9.59 Å². The van der Waals surface area contributed by atoms with Crippen LogP contribution in [0.5, 0.6) is 17.2 Å². The van der Waals surface area contributed by atoms with Gasteiger partial charge in [0, 0.05) is 11.6 Å². The monoisotopic (exact) mass is 380 g/mol. The minimum Gasteiger partial charge on any atom is -0.493 e. The molecule has 1 aliphatic rings. The number of benzene rings is 2. The molecular weight excluding hydrogens is 360 g/mol. The lowest BCUT2D eigenvalue weighted by Crippen LogP contribution is -2.14. The largest absolute Gasteiger partial charge is 0.493 e. The summed E-state index contributed by atoms with van der Waals surface area (Å²) in [6, 6.07) is 12.2. The van der Waals surface area contributed by atoms with E-state index >= 15 is 0 Å². The molecular formula is C22H20O6. The van der Waals surface area contributed by atoms with Crippen molar-refractivity contribution in [3.8, 4) is 17.2 Å². The maximum Gasteiger partial charge on any atom is 0.344 e. The Bertz CT molecular complexity index is 928. The standard InChI is InChI=1S/C22H20O6/c1-3-11-26-21(23)14-27-16-9-10-17-19(13-16)28-20(22(17)24)12-15-7-5-6-8-18(15)25-4-2/h3,5-10,12-13H,1,4,11,14H2,2H3/b20-12-. The van der Waals surface area contributed by atoms with Gasteiger partial charge in [-0.3, -0.25) is 4.79 Å². The van der Waals surface area contributed by atoms with Gasteiger partial charge in [-0.25, -0.2) is 4.79 Å². The van der Waals surface area contributed by atoms with E-state index in [0.717, 1.165) is 5.56 Å². The Morgan fingerprint density at radius 2 is 2.00 bits per heavy atom. The van der Waals surface area contributed by atoms with Crippen molar-refractivity contribution in [2.24, 2.45) is 0 Å². The second-order valence-electron chi connectivity index (χ2n) is 5.83. The number of allylic oxidation sites excluding steroid dienone is 1. The van der Waals surface area contributed by atoms with Gasteiger partial charge in [0.25, 0.3) is 0 Å². The highest BCUT2D eigenvalue weighted by molar-refractivity contribution is 6.14. The number of rotatable bonds is 8. The zero-order chi connectivity index (χ0) is 19.9. The Kier molecular flexibility index (Phi) is 6.11. The van der Waals surface area contributed by atoms with Crippen molar-refractivity contribution >= 4 is 17.8 Å². The van der Waals surface area contributed by atoms with Crippen LogP contribution in [0.15, 0.2) is 60.9 Å². The summed E-state index contributed by atoms with van der Waals surface area (Å²) in [5, 5.41) is 0. The molecule has 144 valence electrons. The first-order valence-corrected chi connectivity index (χ1v) is 8.81. The highest BCUT2D eigenvalue weighted by Crippen LogP contribution is 2.35. The molecule has 0 spiro atoms. The molecule has 0 radical (unpaired) electrons. The number of Topliss-reactive ketones (excluding diaryl/α,β-unsaturated/α-hetero) is 1. The average Bonchev–Trinajstić information content (AvgIpc) is 3.01. The quantitative estimate of drug-likeness (QED) is 0.394. The number of ketones is 1. The molecule has 6 heteroatoms. The Morgan fingerprint density at radius 1 is 1.18 bits per heavy atom. The number of hydrogen-bond acceptors (Lipinski definition) is 6. The van der Waals surface area contributed by atoms with Crippen LogP contribution in [0.25, 0.3) is 6.08 Å². The molecule has 0 unspecified atom stereocenters. The first-order valence-electron chi connectivity index (χ1n) is 8.81. The van der Waals surface area contributed by atoms with Crippen molar-refractivity contribution in [1.29, 1.82) is 0 Å². The van der Waals surface area contributed by atoms with Gasteiger partial charge in [0.05, 0.1) is 12.2 Å². The molecule has 1 heterocycles. The Labute approximate surface area is 163 Å². The van der Waals surface area contributed by atoms with Gasteiger partial charge in [-0.05, 0) is 31.2 Å². The average molecular weight is 380 g/mol. The summed E-state index contributed by atoms with van der Waals surface area (Å²) in [4.78, 5) is 24.1. The lowest BCUT2D eigenvalue weighted by Gasteiger charge is -2.07. The first-order chi connectivity index (χ1) is 13.6. The zero-order valence-electron chi connectivity index (χ0n) is 15.5. The molecule has 2 aromatic rings. The van der Waals surface area contributed by atoms with Gasteiger partial charge in [-0.2, -0.15) is 0 Å². The van der Waals surface area contributed by atoms with Crippen LogP contribution in [0.1, 0.15) is 22.8 Å². The fourth-order valence-corrected chi connectivity index (χ4v) is 2.62. The smallest absolute Gasteiger partial charge is 0.344 e. The molecule has 0 saturated heterocycles. The van der Waals surface area contributed by atoms with E-state index in [1.54, 1.807) is 24.3 Å². The van der Waals surface area contributed by atoms with Crippen LogP contribution in [-0.2, 0) is 9.53 Å². The van der Waals surface area contributed by atoms with Crippen molar-refractivity contribution < 1.29 is 28.5 Å². The van der Waals surface area contributed by atoms with E-state index in [0.29, 0.717) is 29.4 Å². The molecule has 3 rings (SSSR count). The van der Waals surface area contributed by atoms with Crippen LogP contribution in [0.3, 0.4) is 0 Å². The third-order valence-electron chi connectivity index (χ3n) is 3.87. The van der Waals surface area contributed by atoms with Crippen LogP contribution in [0.2, 0.25) is 0 Å². The maximum absolute atomic E-state index is 12.6. The van der Waals surface area contributed by atoms with Crippen molar-refractivity contribution in [2.45, 2.75) is 6.92 Å². The van der Waals surface area contributed by atoms with E-state index in [1.165, 1.54) is 6.08 Å². The third kappa shape index (κ3) is 4.40. The fourth-order valence-electron chi connectivity index (χ4n) is 2.62. The predicted octanol–water partition coefficient (Wildman–Crippen LogP) is 3.81. The Balaban J connectivity index is 1.74. The molecule has 0 saturated carbocycles. The van der Waals surface area contributed by atoms with Crippen LogP contribution < -0.4 is 14.2 Å². The van der Waals surface area contributed by atoms with Crippen LogP contribution in [-0.4, -0.2) is 31.6 Å². The minimum absolute atomic E-state index is 0.126. The molecule has 0 fully saturated rings. The van der Waals surface area contributed by atoms with Crippen molar-refractivity contribution in [1.82, 2.24) is 0 Å². The van der Waals surface area contributed by atoms with E-state index in [2.05, 4.69) is 6.58 Å². The van der Waals surface area contributed by atoms with E-state index in [1.807, 2.05) is 31.2 Å². The number of fused-ring (bicyclic) bond motifs is 1. The molecule has 1 aliphatic heterocycles. The predicted molar refractivity (Wildman–Crippen MR) is 104 cm³/mol. The molecule has 28 heavy (non-hydrogen) atoms. The SMILES string of the molecule is C=CCOC(=O)COc1ccc2c(c1)O/C(=C\c1ccccc1OCC)C2=O. The van der Waals surface area contributed by atoms with Gasteiger partial charge in [-0.15, -0.1) is 0 Å². The van der Waals surface area contributed by atoms with Gasteiger partial charge >= 0.3 is 5.97 Å². The summed E-state index contributed by atoms with van der Waals surface area (Å²) in [6.45, 7) is 5.77. The van der Waals surface area contributed by atoms with Crippen molar-refractivity contribution in [2.75, 3.05) is 19.8 Å². The molecule has 0 atom stereocenters. The van der Waals surface area contributed by atoms with Crippen molar-refractivity contribution in [3.63, 3.8) is 0 Å². The second kappa shape index (κ2) is 8.90. The molecule has 0 amide bonds. The van der Waals surface area contributed by atoms with Gasteiger partial charge in [0.1, 0.15) is 23.9 Å². The second-order valence-corrected chi connectivity index (χ2v) is 5.83. The van der Waals surface area contributed by atoms with Crippen LogP contribution in [0.4, 0.5) is 0 Å². The van der Waals surface area contributed by atoms with Crippen LogP contribution >= 0.6 is 0 Å².